The number of anilines is 1. The lowest BCUT2D eigenvalue weighted by atomic mass is 10.0. The third kappa shape index (κ3) is 3.92. The summed E-state index contributed by atoms with van der Waals surface area (Å²) in [6.45, 7) is 4.50. The van der Waals surface area contributed by atoms with E-state index in [0.29, 0.717) is 24.2 Å². The molecular formula is C17H22F2N4O3. The van der Waals surface area contributed by atoms with Gasteiger partial charge in [-0.25, -0.2) is 18.3 Å². The Labute approximate surface area is 149 Å². The van der Waals surface area contributed by atoms with Gasteiger partial charge in [-0.3, -0.25) is 4.79 Å². The third-order valence-electron chi connectivity index (χ3n) is 4.57. The van der Waals surface area contributed by atoms with Crippen LogP contribution in [0.4, 0.5) is 14.7 Å². The summed E-state index contributed by atoms with van der Waals surface area (Å²) in [4.78, 5) is 15.5. The minimum atomic E-state index is -2.87. The molecule has 3 rings (SSSR count). The molecule has 0 aromatic carbocycles. The van der Waals surface area contributed by atoms with Gasteiger partial charge in [-0.2, -0.15) is 0 Å². The second-order valence-electron chi connectivity index (χ2n) is 6.62. The van der Waals surface area contributed by atoms with Gasteiger partial charge in [0.15, 0.2) is 0 Å². The Morgan fingerprint density at radius 3 is 2.96 bits per heavy atom. The summed E-state index contributed by atoms with van der Waals surface area (Å²) < 4.78 is 39.5. The van der Waals surface area contributed by atoms with Crippen LogP contribution in [0.25, 0.3) is 5.52 Å². The molecule has 0 radical (unpaired) electrons. The van der Waals surface area contributed by atoms with Crippen molar-refractivity contribution in [2.75, 3.05) is 18.5 Å². The zero-order valence-corrected chi connectivity index (χ0v) is 14.9. The van der Waals surface area contributed by atoms with Gasteiger partial charge < -0.3 is 14.8 Å². The van der Waals surface area contributed by atoms with Crippen LogP contribution in [0.2, 0.25) is 0 Å². The quantitative estimate of drug-likeness (QED) is 0.818. The van der Waals surface area contributed by atoms with Crippen molar-refractivity contribution in [2.24, 2.45) is 0 Å². The molecule has 1 saturated heterocycles. The lowest BCUT2D eigenvalue weighted by molar-refractivity contribution is -0.153. The first-order chi connectivity index (χ1) is 12.3. The van der Waals surface area contributed by atoms with Crippen LogP contribution in [0.5, 0.6) is 0 Å². The van der Waals surface area contributed by atoms with Crippen molar-refractivity contribution in [3.63, 3.8) is 0 Å². The summed E-state index contributed by atoms with van der Waals surface area (Å²) in [5.74, 6) is -3.97. The van der Waals surface area contributed by atoms with Crippen LogP contribution in [0.3, 0.4) is 0 Å². The van der Waals surface area contributed by atoms with Crippen molar-refractivity contribution < 1.29 is 23.0 Å². The number of nitrogens with one attached hydrogen (secondary N) is 1. The van der Waals surface area contributed by atoms with Crippen LogP contribution in [0.15, 0.2) is 18.3 Å². The minimum Gasteiger partial charge on any atom is -0.458 e. The van der Waals surface area contributed by atoms with E-state index in [0.717, 1.165) is 6.92 Å². The molecule has 26 heavy (non-hydrogen) atoms. The topological polar surface area (TPSA) is 77.8 Å². The summed E-state index contributed by atoms with van der Waals surface area (Å²) in [6.07, 6.45) is 1.73. The number of fused-ring (bicyclic) bond motifs is 1. The number of ether oxygens (including phenoxy) is 2. The zero-order valence-electron chi connectivity index (χ0n) is 14.9. The molecule has 0 aliphatic carbocycles. The first-order valence-corrected chi connectivity index (χ1v) is 8.49. The predicted octanol–water partition coefficient (Wildman–Crippen LogP) is 2.62. The minimum absolute atomic E-state index is 0.214. The van der Waals surface area contributed by atoms with Crippen molar-refractivity contribution in [2.45, 2.75) is 51.2 Å². The number of halogens is 2. The molecular weight excluding hydrogens is 346 g/mol. The molecule has 3 atom stereocenters. The van der Waals surface area contributed by atoms with Gasteiger partial charge in [0.25, 0.3) is 5.92 Å². The molecule has 9 heteroatoms. The van der Waals surface area contributed by atoms with Crippen LogP contribution >= 0.6 is 0 Å². The molecule has 0 spiro atoms. The SMILES string of the molecule is CC(=O)OC1COCCC1Nc1ncc2ccc(C(C)C(C)(F)F)n2n1. The van der Waals surface area contributed by atoms with Gasteiger partial charge in [0.05, 0.1) is 36.0 Å². The van der Waals surface area contributed by atoms with Gasteiger partial charge in [-0.05, 0) is 18.6 Å². The number of carbonyl (C=O) groups is 1. The predicted molar refractivity (Wildman–Crippen MR) is 90.4 cm³/mol. The summed E-state index contributed by atoms with van der Waals surface area (Å²) >= 11 is 0. The standard InChI is InChI=1S/C17H22F2N4O3/c1-10(17(3,18)19)14-5-4-12-8-20-16(22-23(12)14)21-13-6-7-25-9-15(13)26-11(2)24/h4-5,8,10,13,15H,6-7,9H2,1-3H3,(H,21,22). The maximum Gasteiger partial charge on any atom is 0.303 e. The lowest BCUT2D eigenvalue weighted by Crippen LogP contribution is -2.44. The van der Waals surface area contributed by atoms with Gasteiger partial charge in [0, 0.05) is 20.5 Å². The number of carbonyl (C=O) groups excluding carboxylic acids is 1. The molecule has 2 aromatic heterocycles. The highest BCUT2D eigenvalue weighted by atomic mass is 19.3. The first-order valence-electron chi connectivity index (χ1n) is 8.49. The molecule has 1 aliphatic heterocycles. The molecule has 0 amide bonds. The number of rotatable bonds is 5. The monoisotopic (exact) mass is 368 g/mol. The number of hydrogen-bond acceptors (Lipinski definition) is 6. The average Bonchev–Trinajstić information content (AvgIpc) is 2.97. The Hall–Kier alpha value is -2.29. The van der Waals surface area contributed by atoms with E-state index in [1.807, 2.05) is 0 Å². The van der Waals surface area contributed by atoms with E-state index in [1.54, 1.807) is 18.3 Å². The number of hydrogen-bond donors (Lipinski definition) is 1. The largest absolute Gasteiger partial charge is 0.458 e. The maximum absolute atomic E-state index is 13.7. The van der Waals surface area contributed by atoms with Crippen LogP contribution in [-0.2, 0) is 14.3 Å². The Morgan fingerprint density at radius 2 is 2.27 bits per heavy atom. The Balaban J connectivity index is 1.85. The van der Waals surface area contributed by atoms with Crippen molar-refractivity contribution >= 4 is 17.4 Å². The van der Waals surface area contributed by atoms with E-state index in [-0.39, 0.29) is 18.6 Å². The molecule has 3 heterocycles. The lowest BCUT2D eigenvalue weighted by Gasteiger charge is -2.31. The summed E-state index contributed by atoms with van der Waals surface area (Å²) in [6, 6.07) is 3.12. The summed E-state index contributed by atoms with van der Waals surface area (Å²) in [7, 11) is 0. The van der Waals surface area contributed by atoms with Gasteiger partial charge in [-0.15, -0.1) is 5.10 Å². The maximum atomic E-state index is 13.7. The number of alkyl halides is 2. The smallest absolute Gasteiger partial charge is 0.303 e. The van der Waals surface area contributed by atoms with E-state index in [4.69, 9.17) is 9.47 Å². The van der Waals surface area contributed by atoms with Gasteiger partial charge in [0.2, 0.25) is 5.95 Å². The van der Waals surface area contributed by atoms with E-state index in [1.165, 1.54) is 18.4 Å². The van der Waals surface area contributed by atoms with E-state index >= 15 is 0 Å². The average molecular weight is 368 g/mol. The van der Waals surface area contributed by atoms with Crippen LogP contribution in [0.1, 0.15) is 38.8 Å². The molecule has 142 valence electrons. The van der Waals surface area contributed by atoms with Gasteiger partial charge in [0.1, 0.15) is 6.10 Å². The number of aromatic nitrogens is 3. The zero-order chi connectivity index (χ0) is 18.9. The van der Waals surface area contributed by atoms with Crippen molar-refractivity contribution in [3.05, 3.63) is 24.0 Å². The van der Waals surface area contributed by atoms with Gasteiger partial charge in [-0.1, -0.05) is 6.92 Å². The molecule has 1 fully saturated rings. The highest BCUT2D eigenvalue weighted by Crippen LogP contribution is 2.33. The fourth-order valence-electron chi connectivity index (χ4n) is 2.95. The van der Waals surface area contributed by atoms with Crippen LogP contribution < -0.4 is 5.32 Å². The summed E-state index contributed by atoms with van der Waals surface area (Å²) in [5.41, 5.74) is 1.03. The second-order valence-corrected chi connectivity index (χ2v) is 6.62. The fraction of sp³-hybridized carbons (Fsp3) is 0.588. The Morgan fingerprint density at radius 1 is 1.50 bits per heavy atom. The third-order valence-corrected chi connectivity index (χ3v) is 4.57. The second kappa shape index (κ2) is 7.14. The number of esters is 1. The molecule has 2 aromatic rings. The fourth-order valence-corrected chi connectivity index (χ4v) is 2.95. The summed E-state index contributed by atoms with van der Waals surface area (Å²) in [5, 5.41) is 7.49. The van der Waals surface area contributed by atoms with Crippen LogP contribution in [0, 0.1) is 0 Å². The number of nitrogens with zero attached hydrogens (tertiary/aromatic N) is 3. The highest BCUT2D eigenvalue weighted by Gasteiger charge is 2.34. The van der Waals surface area contributed by atoms with Crippen molar-refractivity contribution in [1.82, 2.24) is 14.6 Å². The molecule has 0 saturated carbocycles. The molecule has 3 unspecified atom stereocenters. The van der Waals surface area contributed by atoms with Crippen molar-refractivity contribution in [1.29, 1.82) is 0 Å². The van der Waals surface area contributed by atoms with E-state index < -0.39 is 23.9 Å². The van der Waals surface area contributed by atoms with E-state index in [9.17, 15) is 13.6 Å². The van der Waals surface area contributed by atoms with Crippen LogP contribution in [-0.4, -0.2) is 51.8 Å². The highest BCUT2D eigenvalue weighted by molar-refractivity contribution is 5.66. The normalized spacial score (nSPS) is 22.2. The first kappa shape index (κ1) is 18.5. The Kier molecular flexibility index (Phi) is 5.08. The van der Waals surface area contributed by atoms with Crippen molar-refractivity contribution in [3.8, 4) is 0 Å². The molecule has 7 nitrogen and oxygen atoms in total. The Bertz CT molecular complexity index is 790. The molecule has 1 N–H and O–H groups in total. The molecule has 1 aliphatic rings. The molecule has 0 bridgehead atoms. The van der Waals surface area contributed by atoms with E-state index in [2.05, 4.69) is 15.4 Å². The van der Waals surface area contributed by atoms with Gasteiger partial charge >= 0.3 is 5.97 Å².